The van der Waals surface area contributed by atoms with Crippen molar-refractivity contribution in [2.45, 2.75) is 13.5 Å². The molecule has 3 aromatic rings. The fourth-order valence-electron chi connectivity index (χ4n) is 3.46. The van der Waals surface area contributed by atoms with Crippen molar-refractivity contribution in [3.8, 4) is 0 Å². The van der Waals surface area contributed by atoms with Crippen LogP contribution in [-0.4, -0.2) is 41.0 Å². The van der Waals surface area contributed by atoms with E-state index >= 15 is 0 Å². The molecule has 1 aromatic heterocycles. The van der Waals surface area contributed by atoms with Gasteiger partial charge < -0.3 is 10.2 Å². The normalized spacial score (nSPS) is 14.9. The zero-order chi connectivity index (χ0) is 19.3. The van der Waals surface area contributed by atoms with Crippen molar-refractivity contribution in [1.29, 1.82) is 0 Å². The first-order chi connectivity index (χ1) is 13.7. The molecule has 2 heterocycles. The number of hydrogen-bond acceptors (Lipinski definition) is 5. The molecule has 1 aliphatic heterocycles. The number of rotatable bonds is 5. The van der Waals surface area contributed by atoms with Gasteiger partial charge in [0.25, 0.3) is 0 Å². The molecule has 1 fully saturated rings. The summed E-state index contributed by atoms with van der Waals surface area (Å²) in [4.78, 5) is 14.0. The van der Waals surface area contributed by atoms with Crippen molar-refractivity contribution in [1.82, 2.24) is 14.9 Å². The molecule has 1 aliphatic rings. The van der Waals surface area contributed by atoms with Gasteiger partial charge in [0.2, 0.25) is 0 Å². The average molecular weight is 394 g/mol. The Bertz CT molecular complexity index is 923. The lowest BCUT2D eigenvalue weighted by Gasteiger charge is -2.35. The van der Waals surface area contributed by atoms with Crippen molar-refractivity contribution >= 4 is 28.9 Å². The van der Waals surface area contributed by atoms with Crippen LogP contribution < -0.4 is 10.2 Å². The predicted molar refractivity (Wildman–Crippen MR) is 115 cm³/mol. The molecule has 0 spiro atoms. The summed E-state index contributed by atoms with van der Waals surface area (Å²) in [6.45, 7) is 6.86. The fourth-order valence-corrected chi connectivity index (χ4v) is 3.64. The fraction of sp³-hybridized carbons (Fsp3) is 0.273. The molecule has 2 aromatic carbocycles. The zero-order valence-corrected chi connectivity index (χ0v) is 16.7. The van der Waals surface area contributed by atoms with Gasteiger partial charge in [-0.2, -0.15) is 0 Å². The van der Waals surface area contributed by atoms with Crippen molar-refractivity contribution in [3.63, 3.8) is 0 Å². The van der Waals surface area contributed by atoms with Gasteiger partial charge in [0.1, 0.15) is 17.5 Å². The van der Waals surface area contributed by atoms with E-state index in [4.69, 9.17) is 11.6 Å². The SMILES string of the molecule is Cc1nc(Nc2ccccc2Cl)cc(N2CCN(Cc3ccccc3)CC2)n1. The molecule has 0 amide bonds. The molecule has 28 heavy (non-hydrogen) atoms. The van der Waals surface area contributed by atoms with Crippen LogP contribution in [0, 0.1) is 6.92 Å². The number of halogens is 1. The first-order valence-electron chi connectivity index (χ1n) is 9.56. The number of hydrogen-bond donors (Lipinski definition) is 1. The van der Waals surface area contributed by atoms with Gasteiger partial charge in [-0.25, -0.2) is 9.97 Å². The Morgan fingerprint density at radius 1 is 0.929 bits per heavy atom. The van der Waals surface area contributed by atoms with E-state index in [1.807, 2.05) is 37.3 Å². The number of aromatic nitrogens is 2. The minimum Gasteiger partial charge on any atom is -0.354 e. The Labute approximate surface area is 171 Å². The Hall–Kier alpha value is -2.63. The summed E-state index contributed by atoms with van der Waals surface area (Å²) in [5.41, 5.74) is 2.21. The summed E-state index contributed by atoms with van der Waals surface area (Å²) < 4.78 is 0. The lowest BCUT2D eigenvalue weighted by Crippen LogP contribution is -2.46. The molecule has 0 radical (unpaired) electrons. The first-order valence-corrected chi connectivity index (χ1v) is 9.94. The van der Waals surface area contributed by atoms with E-state index < -0.39 is 0 Å². The zero-order valence-electron chi connectivity index (χ0n) is 16.0. The lowest BCUT2D eigenvalue weighted by molar-refractivity contribution is 0.249. The Balaban J connectivity index is 1.42. The third-order valence-corrected chi connectivity index (χ3v) is 5.24. The molecule has 1 N–H and O–H groups in total. The molecule has 0 saturated carbocycles. The van der Waals surface area contributed by atoms with E-state index in [0.29, 0.717) is 5.02 Å². The van der Waals surface area contributed by atoms with E-state index in [9.17, 15) is 0 Å². The standard InChI is InChI=1S/C22H24ClN5/c1-17-24-21(26-20-10-6-5-9-19(20)23)15-22(25-17)28-13-11-27(12-14-28)16-18-7-3-2-4-8-18/h2-10,15H,11-14,16H2,1H3,(H,24,25,26). The third kappa shape index (κ3) is 4.61. The van der Waals surface area contributed by atoms with Crippen LogP contribution in [0.1, 0.15) is 11.4 Å². The largest absolute Gasteiger partial charge is 0.354 e. The Morgan fingerprint density at radius 3 is 2.39 bits per heavy atom. The molecule has 0 unspecified atom stereocenters. The highest BCUT2D eigenvalue weighted by molar-refractivity contribution is 6.33. The van der Waals surface area contributed by atoms with Crippen LogP contribution >= 0.6 is 11.6 Å². The Morgan fingerprint density at radius 2 is 1.64 bits per heavy atom. The van der Waals surface area contributed by atoms with E-state index in [2.05, 4.69) is 55.4 Å². The number of nitrogens with zero attached hydrogens (tertiary/aromatic N) is 4. The van der Waals surface area contributed by atoms with Crippen LogP contribution in [0.15, 0.2) is 60.7 Å². The molecular formula is C22H24ClN5. The van der Waals surface area contributed by atoms with E-state index in [0.717, 1.165) is 55.9 Å². The number of piperazine rings is 1. The van der Waals surface area contributed by atoms with Crippen LogP contribution in [0.4, 0.5) is 17.3 Å². The maximum atomic E-state index is 6.26. The van der Waals surface area contributed by atoms with Gasteiger partial charge in [0.05, 0.1) is 10.7 Å². The van der Waals surface area contributed by atoms with Crippen molar-refractivity contribution in [2.24, 2.45) is 0 Å². The molecule has 0 bridgehead atoms. The van der Waals surface area contributed by atoms with E-state index in [-0.39, 0.29) is 0 Å². The highest BCUT2D eigenvalue weighted by atomic mass is 35.5. The van der Waals surface area contributed by atoms with Gasteiger partial charge in [-0.05, 0) is 24.6 Å². The van der Waals surface area contributed by atoms with Crippen LogP contribution in [0.3, 0.4) is 0 Å². The third-order valence-electron chi connectivity index (χ3n) is 4.91. The van der Waals surface area contributed by atoms with Crippen LogP contribution in [0.25, 0.3) is 0 Å². The quantitative estimate of drug-likeness (QED) is 0.691. The second kappa shape index (κ2) is 8.59. The average Bonchev–Trinajstić information content (AvgIpc) is 2.71. The molecule has 1 saturated heterocycles. The molecular weight excluding hydrogens is 370 g/mol. The molecule has 5 nitrogen and oxygen atoms in total. The smallest absolute Gasteiger partial charge is 0.136 e. The van der Waals surface area contributed by atoms with Crippen molar-refractivity contribution in [2.75, 3.05) is 36.4 Å². The van der Waals surface area contributed by atoms with Gasteiger partial charge in [-0.15, -0.1) is 0 Å². The van der Waals surface area contributed by atoms with Crippen LogP contribution in [0.5, 0.6) is 0 Å². The van der Waals surface area contributed by atoms with Crippen LogP contribution in [0.2, 0.25) is 5.02 Å². The molecule has 144 valence electrons. The van der Waals surface area contributed by atoms with E-state index in [1.165, 1.54) is 5.56 Å². The number of anilines is 3. The first kappa shape index (κ1) is 18.7. The van der Waals surface area contributed by atoms with Crippen molar-refractivity contribution < 1.29 is 0 Å². The number of nitrogens with one attached hydrogen (secondary N) is 1. The Kier molecular flexibility index (Phi) is 5.74. The van der Waals surface area contributed by atoms with Gasteiger partial charge in [-0.1, -0.05) is 54.1 Å². The van der Waals surface area contributed by atoms with Gasteiger partial charge >= 0.3 is 0 Å². The van der Waals surface area contributed by atoms with E-state index in [1.54, 1.807) is 0 Å². The van der Waals surface area contributed by atoms with Gasteiger partial charge in [0, 0.05) is 38.8 Å². The van der Waals surface area contributed by atoms with Gasteiger partial charge in [-0.3, -0.25) is 4.90 Å². The summed E-state index contributed by atoms with van der Waals surface area (Å²) in [5.74, 6) is 2.47. The molecule has 6 heteroatoms. The number of aryl methyl sites for hydroxylation is 1. The molecule has 4 rings (SSSR count). The second-order valence-electron chi connectivity index (χ2n) is 7.01. The summed E-state index contributed by atoms with van der Waals surface area (Å²) in [6, 6.07) is 20.3. The minimum atomic E-state index is 0.676. The minimum absolute atomic E-state index is 0.676. The topological polar surface area (TPSA) is 44.3 Å². The number of para-hydroxylation sites is 1. The highest BCUT2D eigenvalue weighted by Gasteiger charge is 2.19. The van der Waals surface area contributed by atoms with Crippen molar-refractivity contribution in [3.05, 3.63) is 77.1 Å². The summed E-state index contributed by atoms with van der Waals surface area (Å²) in [5, 5.41) is 3.99. The monoisotopic (exact) mass is 393 g/mol. The second-order valence-corrected chi connectivity index (χ2v) is 7.42. The maximum Gasteiger partial charge on any atom is 0.136 e. The molecule has 0 aliphatic carbocycles. The van der Waals surface area contributed by atoms with Crippen LogP contribution in [-0.2, 0) is 6.54 Å². The summed E-state index contributed by atoms with van der Waals surface area (Å²) >= 11 is 6.26. The lowest BCUT2D eigenvalue weighted by atomic mass is 10.2. The van der Waals surface area contributed by atoms with Gasteiger partial charge in [0.15, 0.2) is 0 Å². The number of benzene rings is 2. The highest BCUT2D eigenvalue weighted by Crippen LogP contribution is 2.26. The summed E-state index contributed by atoms with van der Waals surface area (Å²) in [7, 11) is 0. The maximum absolute atomic E-state index is 6.26. The summed E-state index contributed by atoms with van der Waals surface area (Å²) in [6.07, 6.45) is 0. The molecule has 0 atom stereocenters. The predicted octanol–water partition coefficient (Wildman–Crippen LogP) is 4.50.